The van der Waals surface area contributed by atoms with E-state index in [1.807, 2.05) is 0 Å². The summed E-state index contributed by atoms with van der Waals surface area (Å²) in [7, 11) is 0. The van der Waals surface area contributed by atoms with Gasteiger partial charge in [-0.1, -0.05) is 20.8 Å². The molecule has 0 aromatic carbocycles. The molecule has 7 rings (SSSR count). The highest BCUT2D eigenvalue weighted by molar-refractivity contribution is 5.12. The van der Waals surface area contributed by atoms with Gasteiger partial charge >= 0.3 is 0 Å². The minimum absolute atomic E-state index is 0.0763. The molecular formula is C33H55NO7. The van der Waals surface area contributed by atoms with Crippen molar-refractivity contribution in [3.8, 4) is 0 Å². The third-order valence-corrected chi connectivity index (χ3v) is 14.1. The Bertz CT molecular complexity index is 949. The highest BCUT2D eigenvalue weighted by atomic mass is 16.7. The summed E-state index contributed by atoms with van der Waals surface area (Å²) in [6, 6.07) is 0.787. The number of fused-ring (bicyclic) bond motifs is 8. The van der Waals surface area contributed by atoms with Gasteiger partial charge in [0, 0.05) is 19.1 Å². The molecule has 3 aliphatic heterocycles. The fraction of sp³-hybridized carbons (Fsp3) is 1.00. The fourth-order valence-corrected chi connectivity index (χ4v) is 12.1. The Morgan fingerprint density at radius 1 is 0.780 bits per heavy atom. The number of piperidine rings is 2. The molecule has 18 atom stereocenters. The van der Waals surface area contributed by atoms with Crippen LogP contribution in [0.2, 0.25) is 0 Å². The van der Waals surface area contributed by atoms with E-state index in [4.69, 9.17) is 9.47 Å². The van der Waals surface area contributed by atoms with Gasteiger partial charge in [-0.2, -0.15) is 0 Å². The van der Waals surface area contributed by atoms with Gasteiger partial charge < -0.3 is 35.0 Å². The zero-order chi connectivity index (χ0) is 28.8. The predicted molar refractivity (Wildman–Crippen MR) is 152 cm³/mol. The van der Waals surface area contributed by atoms with Crippen LogP contribution in [-0.4, -0.2) is 99.1 Å². The van der Waals surface area contributed by atoms with Crippen LogP contribution in [-0.2, 0) is 9.47 Å². The van der Waals surface area contributed by atoms with Crippen LogP contribution in [0.1, 0.15) is 78.6 Å². The molecule has 8 heteroatoms. The highest BCUT2D eigenvalue weighted by Crippen LogP contribution is 2.67. The normalized spacial score (nSPS) is 59.0. The van der Waals surface area contributed by atoms with Crippen molar-refractivity contribution in [2.24, 2.45) is 58.7 Å². The smallest absolute Gasteiger partial charge is 0.186 e. The van der Waals surface area contributed by atoms with Gasteiger partial charge in [0.2, 0.25) is 0 Å². The van der Waals surface area contributed by atoms with Gasteiger partial charge in [-0.05, 0) is 116 Å². The van der Waals surface area contributed by atoms with Crippen molar-refractivity contribution in [2.45, 2.75) is 128 Å². The van der Waals surface area contributed by atoms with Crippen LogP contribution in [0.25, 0.3) is 0 Å². The molecule has 0 spiro atoms. The predicted octanol–water partition coefficient (Wildman–Crippen LogP) is 2.39. The number of aliphatic hydroxyl groups excluding tert-OH is 5. The molecule has 0 aromatic heterocycles. The Hall–Kier alpha value is -0.320. The molecule has 3 heterocycles. The first-order valence-corrected chi connectivity index (χ1v) is 17.0. The topological polar surface area (TPSA) is 123 Å². The number of hydrogen-bond acceptors (Lipinski definition) is 8. The molecule has 8 nitrogen and oxygen atoms in total. The summed E-state index contributed by atoms with van der Waals surface area (Å²) < 4.78 is 11.9. The van der Waals surface area contributed by atoms with E-state index >= 15 is 0 Å². The zero-order valence-corrected chi connectivity index (χ0v) is 25.3. The van der Waals surface area contributed by atoms with Gasteiger partial charge in [-0.25, -0.2) is 0 Å². The molecule has 0 bridgehead atoms. The van der Waals surface area contributed by atoms with E-state index in [2.05, 4.69) is 25.7 Å². The average molecular weight is 578 g/mol. The van der Waals surface area contributed by atoms with Crippen molar-refractivity contribution >= 4 is 0 Å². The van der Waals surface area contributed by atoms with Crippen molar-refractivity contribution in [3.05, 3.63) is 0 Å². The summed E-state index contributed by atoms with van der Waals surface area (Å²) in [6.07, 6.45) is 3.39. The SMILES string of the molecule is C[C@H]1CC[C@@H]2[C@@H](C)[C@@H]3CC[C@H]4[C@H](C[C@@H]5[C@@H]4C[C@@H](O)[C@H]4C[C@@H](O[C@@H]6O[C@@H](CO)[C@H](O)[C@@H](O)[C@H]6O)CC[C@@]54C)[C@H]3CN2C1. The molecule has 0 radical (unpaired) electrons. The third kappa shape index (κ3) is 4.68. The van der Waals surface area contributed by atoms with Gasteiger partial charge in [0.25, 0.3) is 0 Å². The first-order chi connectivity index (χ1) is 19.6. The summed E-state index contributed by atoms with van der Waals surface area (Å²) in [4.78, 5) is 2.88. The van der Waals surface area contributed by atoms with Crippen LogP contribution in [0, 0.1) is 58.7 Å². The molecular weight excluding hydrogens is 522 g/mol. The fourth-order valence-electron chi connectivity index (χ4n) is 12.1. The molecule has 3 saturated heterocycles. The lowest BCUT2D eigenvalue weighted by atomic mass is 9.51. The van der Waals surface area contributed by atoms with Crippen molar-refractivity contribution in [1.29, 1.82) is 0 Å². The Balaban J connectivity index is 1.06. The molecule has 0 amide bonds. The molecule has 4 aliphatic carbocycles. The Kier molecular flexibility index (Phi) is 7.84. The lowest BCUT2D eigenvalue weighted by Gasteiger charge is -2.57. The van der Waals surface area contributed by atoms with Gasteiger partial charge in [0.1, 0.15) is 24.4 Å². The number of hydrogen-bond donors (Lipinski definition) is 5. The molecule has 0 unspecified atom stereocenters. The lowest BCUT2D eigenvalue weighted by Crippen LogP contribution is -2.60. The van der Waals surface area contributed by atoms with Gasteiger partial charge in [-0.15, -0.1) is 0 Å². The minimum atomic E-state index is -1.43. The summed E-state index contributed by atoms with van der Waals surface area (Å²) in [6.45, 7) is 9.55. The Labute approximate surface area is 245 Å². The second kappa shape index (κ2) is 10.9. The van der Waals surface area contributed by atoms with E-state index in [0.29, 0.717) is 18.3 Å². The van der Waals surface area contributed by atoms with Crippen LogP contribution in [0.4, 0.5) is 0 Å². The van der Waals surface area contributed by atoms with Crippen molar-refractivity contribution in [2.75, 3.05) is 19.7 Å². The Morgan fingerprint density at radius 2 is 1.56 bits per heavy atom. The summed E-state index contributed by atoms with van der Waals surface area (Å²) in [5.41, 5.74) is 0.0763. The lowest BCUT2D eigenvalue weighted by molar-refractivity contribution is -0.317. The Morgan fingerprint density at radius 3 is 2.34 bits per heavy atom. The van der Waals surface area contributed by atoms with E-state index in [-0.39, 0.29) is 23.5 Å². The van der Waals surface area contributed by atoms with Crippen LogP contribution in [0.15, 0.2) is 0 Å². The molecule has 7 aliphatic rings. The standard InChI is InChI=1S/C33H55NO7/c1-16-4-7-26-17(2)19-5-6-20-21(23(19)14-34(26)13-16)11-24-22(20)12-27(36)25-10-18(8-9-33(24,25)3)40-32-31(39)30(38)29(37)28(15-35)41-32/h16-32,35-39H,4-15H2,1-3H3/t16-,17-,18-,19-,20-,21-,22+,23-,24+,25+,26+,27+,28-,29-,30+,31+,32+,33-/m0/s1. The van der Waals surface area contributed by atoms with Crippen LogP contribution < -0.4 is 0 Å². The third-order valence-electron chi connectivity index (χ3n) is 14.1. The molecule has 0 aromatic rings. The zero-order valence-electron chi connectivity index (χ0n) is 25.3. The van der Waals surface area contributed by atoms with E-state index in [1.165, 1.54) is 45.2 Å². The first kappa shape index (κ1) is 29.4. The second-order valence-corrected chi connectivity index (χ2v) is 15.9. The summed E-state index contributed by atoms with van der Waals surface area (Å²) in [5.74, 6) is 6.23. The van der Waals surface area contributed by atoms with Gasteiger partial charge in [0.05, 0.1) is 18.8 Å². The maximum Gasteiger partial charge on any atom is 0.186 e. The molecule has 234 valence electrons. The number of nitrogens with zero attached hydrogens (tertiary/aromatic N) is 1. The van der Waals surface area contributed by atoms with Crippen LogP contribution in [0.3, 0.4) is 0 Å². The molecule has 41 heavy (non-hydrogen) atoms. The highest BCUT2D eigenvalue weighted by Gasteiger charge is 2.63. The van der Waals surface area contributed by atoms with E-state index in [9.17, 15) is 25.5 Å². The first-order valence-electron chi connectivity index (χ1n) is 17.0. The van der Waals surface area contributed by atoms with Crippen molar-refractivity contribution in [3.63, 3.8) is 0 Å². The maximum atomic E-state index is 11.6. The van der Waals surface area contributed by atoms with Crippen molar-refractivity contribution in [1.82, 2.24) is 4.90 Å². The van der Waals surface area contributed by atoms with Crippen molar-refractivity contribution < 1.29 is 35.0 Å². The van der Waals surface area contributed by atoms with E-state index < -0.39 is 37.3 Å². The van der Waals surface area contributed by atoms with Crippen LogP contribution >= 0.6 is 0 Å². The van der Waals surface area contributed by atoms with E-state index in [1.54, 1.807) is 0 Å². The second-order valence-electron chi connectivity index (χ2n) is 15.9. The molecule has 5 N–H and O–H groups in total. The number of ether oxygens (including phenoxy) is 2. The summed E-state index contributed by atoms with van der Waals surface area (Å²) in [5, 5.41) is 52.1. The average Bonchev–Trinajstić information content (AvgIpc) is 3.34. The molecule has 7 fully saturated rings. The number of aliphatic hydroxyl groups is 5. The maximum absolute atomic E-state index is 11.6. The number of rotatable bonds is 3. The quantitative estimate of drug-likeness (QED) is 0.324. The van der Waals surface area contributed by atoms with E-state index in [0.717, 1.165) is 60.8 Å². The largest absolute Gasteiger partial charge is 0.394 e. The van der Waals surface area contributed by atoms with Crippen LogP contribution in [0.5, 0.6) is 0 Å². The molecule has 4 saturated carbocycles. The monoisotopic (exact) mass is 577 g/mol. The van der Waals surface area contributed by atoms with Gasteiger partial charge in [-0.3, -0.25) is 4.90 Å². The minimum Gasteiger partial charge on any atom is -0.394 e. The van der Waals surface area contributed by atoms with Gasteiger partial charge in [0.15, 0.2) is 6.29 Å². The summed E-state index contributed by atoms with van der Waals surface area (Å²) >= 11 is 0.